The minimum absolute atomic E-state index is 0.155. The molecule has 1 saturated heterocycles. The smallest absolute Gasteiger partial charge is 0.227 e. The topological polar surface area (TPSA) is 80.5 Å². The van der Waals surface area contributed by atoms with Crippen molar-refractivity contribution in [3.8, 4) is 17.1 Å². The van der Waals surface area contributed by atoms with E-state index in [0.29, 0.717) is 30.5 Å². The number of methoxy groups -OCH3 is 1. The van der Waals surface area contributed by atoms with Gasteiger partial charge in [0, 0.05) is 31.5 Å². The fourth-order valence-electron chi connectivity index (χ4n) is 3.10. The number of benzene rings is 1. The monoisotopic (exact) mass is 344 g/mol. The molecule has 3 rings (SSSR count). The maximum Gasteiger partial charge on any atom is 0.227 e. The molecule has 1 atom stereocenters. The Labute approximate surface area is 147 Å². The van der Waals surface area contributed by atoms with E-state index < -0.39 is 0 Å². The minimum Gasteiger partial charge on any atom is -0.497 e. The van der Waals surface area contributed by atoms with Crippen LogP contribution in [0.2, 0.25) is 0 Å². The molecule has 1 fully saturated rings. The van der Waals surface area contributed by atoms with Crippen LogP contribution in [0, 0.1) is 5.92 Å². The fourth-order valence-corrected chi connectivity index (χ4v) is 3.10. The van der Waals surface area contributed by atoms with E-state index in [9.17, 15) is 4.79 Å². The fraction of sp³-hybridized carbons (Fsp3) is 0.500. The number of carbonyl (C=O) groups excluding carboxylic acids is 1. The quantitative estimate of drug-likeness (QED) is 0.824. The molecular formula is C18H24N4O3. The molecule has 1 aliphatic heterocycles. The molecule has 1 unspecified atom stereocenters. The Bertz CT molecular complexity index is 699. The van der Waals surface area contributed by atoms with E-state index in [1.54, 1.807) is 7.11 Å². The molecule has 1 N–H and O–H groups in total. The minimum atomic E-state index is 0.155. The Morgan fingerprint density at radius 3 is 2.92 bits per heavy atom. The Morgan fingerprint density at radius 1 is 1.40 bits per heavy atom. The second kappa shape index (κ2) is 8.11. The van der Waals surface area contributed by atoms with E-state index in [-0.39, 0.29) is 5.91 Å². The number of nitrogens with zero attached hydrogens (tertiary/aromatic N) is 3. The van der Waals surface area contributed by atoms with Crippen molar-refractivity contribution >= 4 is 5.91 Å². The first kappa shape index (κ1) is 17.4. The van der Waals surface area contributed by atoms with E-state index in [4.69, 9.17) is 9.26 Å². The van der Waals surface area contributed by atoms with Crippen molar-refractivity contribution in [3.63, 3.8) is 0 Å². The average molecular weight is 344 g/mol. The second-order valence-electron chi connectivity index (χ2n) is 6.29. The molecule has 7 nitrogen and oxygen atoms in total. The van der Waals surface area contributed by atoms with Gasteiger partial charge in [-0.15, -0.1) is 0 Å². The summed E-state index contributed by atoms with van der Waals surface area (Å²) in [6, 6.07) is 7.46. The Hall–Kier alpha value is -2.41. The van der Waals surface area contributed by atoms with E-state index in [2.05, 4.69) is 15.5 Å². The summed E-state index contributed by atoms with van der Waals surface area (Å²) < 4.78 is 10.4. The summed E-state index contributed by atoms with van der Waals surface area (Å²) in [5.74, 6) is 2.51. The first-order valence-corrected chi connectivity index (χ1v) is 8.59. The Balaban J connectivity index is 1.52. The van der Waals surface area contributed by atoms with Crippen LogP contribution in [0.5, 0.6) is 5.75 Å². The van der Waals surface area contributed by atoms with Gasteiger partial charge in [-0.25, -0.2) is 0 Å². The third kappa shape index (κ3) is 4.36. The highest BCUT2D eigenvalue weighted by Crippen LogP contribution is 2.20. The highest BCUT2D eigenvalue weighted by atomic mass is 16.5. The highest BCUT2D eigenvalue weighted by molar-refractivity contribution is 5.76. The van der Waals surface area contributed by atoms with E-state index in [0.717, 1.165) is 37.4 Å². The molecule has 0 radical (unpaired) electrons. The van der Waals surface area contributed by atoms with Crippen molar-refractivity contribution in [1.29, 1.82) is 0 Å². The number of amides is 1. The summed E-state index contributed by atoms with van der Waals surface area (Å²) >= 11 is 0. The molecule has 134 valence electrons. The SMILES string of the molecule is CNCC1CCN(C(=O)CCc2nc(-c3ccc(OC)cc3)no2)C1. The Morgan fingerprint density at radius 2 is 2.20 bits per heavy atom. The van der Waals surface area contributed by atoms with Crippen molar-refractivity contribution < 1.29 is 14.1 Å². The number of aryl methyl sites for hydroxylation is 1. The van der Waals surface area contributed by atoms with Gasteiger partial charge in [-0.1, -0.05) is 5.16 Å². The van der Waals surface area contributed by atoms with Crippen molar-refractivity contribution in [2.24, 2.45) is 5.92 Å². The average Bonchev–Trinajstić information content (AvgIpc) is 3.30. The molecule has 2 aromatic rings. The number of carbonyl (C=O) groups is 1. The summed E-state index contributed by atoms with van der Waals surface area (Å²) in [5, 5.41) is 7.17. The molecule has 1 amide bonds. The van der Waals surface area contributed by atoms with Crippen molar-refractivity contribution in [2.45, 2.75) is 19.3 Å². The molecular weight excluding hydrogens is 320 g/mol. The van der Waals surface area contributed by atoms with Gasteiger partial charge in [0.25, 0.3) is 0 Å². The van der Waals surface area contributed by atoms with Crippen LogP contribution in [-0.2, 0) is 11.2 Å². The lowest BCUT2D eigenvalue weighted by atomic mass is 10.1. The second-order valence-corrected chi connectivity index (χ2v) is 6.29. The number of rotatable bonds is 7. The summed E-state index contributed by atoms with van der Waals surface area (Å²) in [6.45, 7) is 2.63. The zero-order chi connectivity index (χ0) is 17.6. The molecule has 0 bridgehead atoms. The summed E-state index contributed by atoms with van der Waals surface area (Å²) in [7, 11) is 3.57. The normalized spacial score (nSPS) is 17.0. The zero-order valence-corrected chi connectivity index (χ0v) is 14.7. The van der Waals surface area contributed by atoms with Crippen LogP contribution < -0.4 is 10.1 Å². The maximum atomic E-state index is 12.3. The molecule has 1 aliphatic rings. The predicted octanol–water partition coefficient (Wildman–Crippen LogP) is 1.75. The summed E-state index contributed by atoms with van der Waals surface area (Å²) in [6.07, 6.45) is 1.93. The van der Waals surface area contributed by atoms with Crippen LogP contribution in [0.3, 0.4) is 0 Å². The third-order valence-electron chi connectivity index (χ3n) is 4.50. The first-order chi connectivity index (χ1) is 12.2. The van der Waals surface area contributed by atoms with Gasteiger partial charge < -0.3 is 19.5 Å². The van der Waals surface area contributed by atoms with Gasteiger partial charge in [0.15, 0.2) is 0 Å². The molecule has 1 aromatic carbocycles. The van der Waals surface area contributed by atoms with Crippen LogP contribution in [0.1, 0.15) is 18.7 Å². The van der Waals surface area contributed by atoms with Gasteiger partial charge in [-0.05, 0) is 50.2 Å². The number of hydrogen-bond donors (Lipinski definition) is 1. The number of hydrogen-bond acceptors (Lipinski definition) is 6. The molecule has 0 aliphatic carbocycles. The van der Waals surface area contributed by atoms with Crippen molar-refractivity contribution in [2.75, 3.05) is 33.8 Å². The predicted molar refractivity (Wildman–Crippen MR) is 93.2 cm³/mol. The van der Waals surface area contributed by atoms with Crippen LogP contribution in [0.4, 0.5) is 0 Å². The number of ether oxygens (including phenoxy) is 1. The largest absolute Gasteiger partial charge is 0.497 e. The van der Waals surface area contributed by atoms with E-state index in [1.807, 2.05) is 36.2 Å². The van der Waals surface area contributed by atoms with Crippen LogP contribution in [0.15, 0.2) is 28.8 Å². The van der Waals surface area contributed by atoms with Gasteiger partial charge >= 0.3 is 0 Å². The molecule has 1 aromatic heterocycles. The van der Waals surface area contributed by atoms with Crippen LogP contribution in [-0.4, -0.2) is 54.7 Å². The summed E-state index contributed by atoms with van der Waals surface area (Å²) in [5.41, 5.74) is 0.858. The Kier molecular flexibility index (Phi) is 5.65. The first-order valence-electron chi connectivity index (χ1n) is 8.59. The number of likely N-dealkylation sites (tertiary alicyclic amines) is 1. The molecule has 0 spiro atoms. The molecule has 2 heterocycles. The third-order valence-corrected chi connectivity index (χ3v) is 4.50. The lowest BCUT2D eigenvalue weighted by molar-refractivity contribution is -0.130. The summed E-state index contributed by atoms with van der Waals surface area (Å²) in [4.78, 5) is 18.6. The van der Waals surface area contributed by atoms with Gasteiger partial charge in [0.1, 0.15) is 5.75 Å². The van der Waals surface area contributed by atoms with Gasteiger partial charge in [0.05, 0.1) is 7.11 Å². The lowest BCUT2D eigenvalue weighted by Gasteiger charge is -2.15. The maximum absolute atomic E-state index is 12.3. The van der Waals surface area contributed by atoms with Gasteiger partial charge in [-0.3, -0.25) is 4.79 Å². The van der Waals surface area contributed by atoms with Gasteiger partial charge in [-0.2, -0.15) is 4.98 Å². The van der Waals surface area contributed by atoms with Crippen LogP contribution >= 0.6 is 0 Å². The van der Waals surface area contributed by atoms with Gasteiger partial charge in [0.2, 0.25) is 17.6 Å². The van der Waals surface area contributed by atoms with Crippen LogP contribution in [0.25, 0.3) is 11.4 Å². The highest BCUT2D eigenvalue weighted by Gasteiger charge is 2.25. The molecule has 7 heteroatoms. The van der Waals surface area contributed by atoms with E-state index in [1.165, 1.54) is 0 Å². The number of nitrogens with one attached hydrogen (secondary N) is 1. The van der Waals surface area contributed by atoms with Crippen molar-refractivity contribution in [3.05, 3.63) is 30.2 Å². The van der Waals surface area contributed by atoms with E-state index >= 15 is 0 Å². The molecule has 0 saturated carbocycles. The number of aromatic nitrogens is 2. The zero-order valence-electron chi connectivity index (χ0n) is 14.7. The lowest BCUT2D eigenvalue weighted by Crippen LogP contribution is -2.30. The molecule has 25 heavy (non-hydrogen) atoms. The standard InChI is InChI=1S/C18H24N4O3/c1-19-11-13-9-10-22(12-13)17(23)8-7-16-20-18(21-25-16)14-3-5-15(24-2)6-4-14/h3-6,13,19H,7-12H2,1-2H3. The van der Waals surface area contributed by atoms with Crippen molar-refractivity contribution in [1.82, 2.24) is 20.4 Å².